The van der Waals surface area contributed by atoms with Crippen molar-refractivity contribution in [2.24, 2.45) is 12.2 Å². The van der Waals surface area contributed by atoms with Crippen LogP contribution in [0.1, 0.15) is 68.1 Å². The molecule has 0 aliphatic carbocycles. The van der Waals surface area contributed by atoms with Crippen molar-refractivity contribution in [3.8, 4) is 5.75 Å². The van der Waals surface area contributed by atoms with E-state index in [0.717, 1.165) is 16.7 Å². The number of methoxy groups -OCH3 is 1. The maximum absolute atomic E-state index is 14.8. The first-order chi connectivity index (χ1) is 35.3. The molecule has 1 saturated heterocycles. The molecule has 1 fully saturated rings. The SMILES string of the molecule is COc1ccc(COC(=O)C2=C(CSc3nc(N)c(C)c(N)[n+]3C)CSC3C(NC(=O)/C(=N\OC(C)(C)C(=O)OC(C)(C)C)c4csc(NC(c5ccccc5)(c5ccccc5)c5ccccc5)n4)C(=O)N23)cc1.[Cl-]. The molecule has 0 bridgehead atoms. The summed E-state index contributed by atoms with van der Waals surface area (Å²) in [6.45, 7) is 9.84. The number of rotatable bonds is 18. The highest BCUT2D eigenvalue weighted by molar-refractivity contribution is 8.01. The number of carbonyl (C=O) groups excluding carboxylic acids is 4. The molecule has 17 nitrogen and oxygen atoms in total. The van der Waals surface area contributed by atoms with Gasteiger partial charge in [0.2, 0.25) is 17.2 Å². The van der Waals surface area contributed by atoms with Gasteiger partial charge in [0.25, 0.3) is 11.8 Å². The summed E-state index contributed by atoms with van der Waals surface area (Å²) in [5, 5.41) is 12.7. The quantitative estimate of drug-likeness (QED) is 0.0138. The molecule has 0 radical (unpaired) electrons. The number of amides is 2. The average molecular weight is 1090 g/mol. The summed E-state index contributed by atoms with van der Waals surface area (Å²) in [6, 6.07) is 35.8. The molecule has 2 aliphatic rings. The molecule has 6 aromatic rings. The van der Waals surface area contributed by atoms with E-state index in [0.29, 0.717) is 44.3 Å². The van der Waals surface area contributed by atoms with Crippen LogP contribution in [0.4, 0.5) is 16.8 Å². The van der Waals surface area contributed by atoms with Crippen LogP contribution >= 0.6 is 34.9 Å². The predicted molar refractivity (Wildman–Crippen MR) is 287 cm³/mol. The highest BCUT2D eigenvalue weighted by atomic mass is 35.5. The predicted octanol–water partition coefficient (Wildman–Crippen LogP) is 4.28. The number of hydrogen-bond donors (Lipinski definition) is 4. The number of fused-ring (bicyclic) bond motifs is 1. The maximum Gasteiger partial charge on any atom is 0.355 e. The summed E-state index contributed by atoms with van der Waals surface area (Å²) >= 11 is 3.90. The monoisotopic (exact) mass is 1090 g/mol. The fourth-order valence-electron chi connectivity index (χ4n) is 8.14. The number of halogens is 1. The highest BCUT2D eigenvalue weighted by Crippen LogP contribution is 2.43. The van der Waals surface area contributed by atoms with Crippen molar-refractivity contribution in [1.82, 2.24) is 20.2 Å². The first kappa shape index (κ1) is 55.6. The van der Waals surface area contributed by atoms with Crippen molar-refractivity contribution < 1.29 is 55.2 Å². The standard InChI is InChI=1S/C54H57N9O8S3.ClH/c1-32-43(55)59-51(62(7)44(32)56)74-30-34-29-72-47-41(46(65)63(47)42(34)48(66)69-28-33-24-26-38(68-8)27-25-33)58-45(64)40(61-71-53(5,6)49(67)70-52(2,3)4)39-31-73-50(57-39)60-54(35-18-12-9-13-19-35,36-20-14-10-15-21-36)37-22-16-11-17-23-37;/h9-27,31,41,47H,28-30H2,1-8H3,(H5,55,56,57,58,60,64);1H/b61-40-;. The number of anilines is 3. The van der Waals surface area contributed by atoms with Gasteiger partial charge in [-0.3, -0.25) is 14.5 Å². The molecule has 8 rings (SSSR count). The van der Waals surface area contributed by atoms with Crippen molar-refractivity contribution in [3.63, 3.8) is 0 Å². The van der Waals surface area contributed by atoms with Crippen LogP contribution in [0.2, 0.25) is 0 Å². The van der Waals surface area contributed by atoms with Gasteiger partial charge in [-0.25, -0.2) is 19.1 Å². The van der Waals surface area contributed by atoms with Crippen molar-refractivity contribution >= 4 is 81.1 Å². The van der Waals surface area contributed by atoms with E-state index in [1.807, 2.05) is 91.0 Å². The minimum atomic E-state index is -1.66. The van der Waals surface area contributed by atoms with E-state index in [-0.39, 0.29) is 47.7 Å². The second-order valence-electron chi connectivity index (χ2n) is 18.9. The summed E-state index contributed by atoms with van der Waals surface area (Å²) < 4.78 is 18.5. The fourth-order valence-corrected chi connectivity index (χ4v) is 11.4. The normalized spacial score (nSPS) is 15.7. The van der Waals surface area contributed by atoms with E-state index in [9.17, 15) is 19.2 Å². The van der Waals surface area contributed by atoms with Crippen LogP contribution in [-0.2, 0) is 52.7 Å². The molecule has 2 amide bonds. The number of nitrogen functional groups attached to an aromatic ring is 2. The number of nitrogens with zero attached hydrogens (tertiary/aromatic N) is 5. The Bertz CT molecular complexity index is 3020. The molecular weight excluding hydrogens is 1030 g/mol. The molecule has 6 N–H and O–H groups in total. The Balaban J connectivity index is 0.00000820. The molecule has 2 aromatic heterocycles. The van der Waals surface area contributed by atoms with Gasteiger partial charge in [-0.15, -0.1) is 23.1 Å². The van der Waals surface area contributed by atoms with Crippen LogP contribution in [-0.4, -0.2) is 85.6 Å². The molecule has 2 aliphatic heterocycles. The van der Waals surface area contributed by atoms with Crippen LogP contribution in [0.15, 0.2) is 142 Å². The van der Waals surface area contributed by atoms with Gasteiger partial charge in [0.15, 0.2) is 10.8 Å². The first-order valence-corrected chi connectivity index (χ1v) is 26.4. The lowest BCUT2D eigenvalue weighted by atomic mass is 9.77. The van der Waals surface area contributed by atoms with Gasteiger partial charge in [0.1, 0.15) is 46.3 Å². The number of esters is 2. The van der Waals surface area contributed by atoms with Crippen LogP contribution in [0.5, 0.6) is 5.75 Å². The number of oxime groups is 1. The van der Waals surface area contributed by atoms with Crippen LogP contribution < -0.4 is 43.8 Å². The number of hydrogen-bond acceptors (Lipinski definition) is 17. The average Bonchev–Trinajstić information content (AvgIpc) is 3.86. The lowest BCUT2D eigenvalue weighted by Crippen LogP contribution is -3.00. The van der Waals surface area contributed by atoms with E-state index in [2.05, 4.69) is 20.8 Å². The summed E-state index contributed by atoms with van der Waals surface area (Å²) in [4.78, 5) is 73.6. The van der Waals surface area contributed by atoms with Gasteiger partial charge in [0, 0.05) is 16.9 Å². The first-order valence-electron chi connectivity index (χ1n) is 23.5. The second kappa shape index (κ2) is 23.2. The summed E-state index contributed by atoms with van der Waals surface area (Å²) in [5.41, 5.74) is 13.6. The Kier molecular flexibility index (Phi) is 17.2. The summed E-state index contributed by atoms with van der Waals surface area (Å²) in [6.07, 6.45) is 0. The zero-order chi connectivity index (χ0) is 53.0. The van der Waals surface area contributed by atoms with E-state index in [1.165, 1.54) is 53.6 Å². The lowest BCUT2D eigenvalue weighted by molar-refractivity contribution is -0.699. The third-order valence-corrected chi connectivity index (χ3v) is 15.4. The minimum absolute atomic E-state index is 0. The number of thioether (sulfide) groups is 2. The number of aromatic nitrogens is 3. The van der Waals surface area contributed by atoms with Crippen molar-refractivity contribution in [2.45, 2.75) is 81.5 Å². The summed E-state index contributed by atoms with van der Waals surface area (Å²) in [7, 11) is 3.33. The van der Waals surface area contributed by atoms with Crippen molar-refractivity contribution in [2.75, 3.05) is 35.4 Å². The second-order valence-corrected chi connectivity index (χ2v) is 21.8. The van der Waals surface area contributed by atoms with Crippen molar-refractivity contribution in [3.05, 3.63) is 165 Å². The Hall–Kier alpha value is -7.13. The number of ether oxygens (including phenoxy) is 3. The lowest BCUT2D eigenvalue weighted by Gasteiger charge is -2.49. The fraction of sp³-hybridized carbons (Fsp3) is 0.296. The molecule has 75 heavy (non-hydrogen) atoms. The topological polar surface area (TPSA) is 227 Å². The third-order valence-electron chi connectivity index (χ3n) is 12.2. The zero-order valence-corrected chi connectivity index (χ0v) is 45.8. The maximum atomic E-state index is 14.8. The van der Waals surface area contributed by atoms with Gasteiger partial charge in [0.05, 0.1) is 19.7 Å². The minimum Gasteiger partial charge on any atom is -1.00 e. The molecular formula is C54H58ClN9O8S3. The molecule has 2 atom stereocenters. The summed E-state index contributed by atoms with van der Waals surface area (Å²) in [5.74, 6) is -0.935. The Morgan fingerprint density at radius 1 is 0.880 bits per heavy atom. The van der Waals surface area contributed by atoms with Gasteiger partial charge in [-0.2, -0.15) is 0 Å². The molecule has 4 heterocycles. The number of benzene rings is 4. The van der Waals surface area contributed by atoms with Gasteiger partial charge < -0.3 is 53.6 Å². The van der Waals surface area contributed by atoms with Gasteiger partial charge >= 0.3 is 17.1 Å². The third kappa shape index (κ3) is 12.0. The van der Waals surface area contributed by atoms with Crippen LogP contribution in [0.25, 0.3) is 0 Å². The number of nitrogens with one attached hydrogen (secondary N) is 2. The van der Waals surface area contributed by atoms with E-state index in [1.54, 1.807) is 76.1 Å². The van der Waals surface area contributed by atoms with E-state index >= 15 is 0 Å². The van der Waals surface area contributed by atoms with Crippen LogP contribution in [0, 0.1) is 6.92 Å². The van der Waals surface area contributed by atoms with Gasteiger partial charge in [-0.05, 0) is 93.3 Å². The number of thiazole rings is 1. The van der Waals surface area contributed by atoms with Gasteiger partial charge in [-0.1, -0.05) is 113 Å². The Morgan fingerprint density at radius 3 is 2.03 bits per heavy atom. The molecule has 392 valence electrons. The number of β-lactam (4-membered cyclic amide) rings is 1. The molecule has 0 spiro atoms. The number of nitrogens with two attached hydrogens (primary N) is 2. The van der Waals surface area contributed by atoms with Crippen LogP contribution in [0.3, 0.4) is 0 Å². The number of carbonyl (C=O) groups is 4. The van der Waals surface area contributed by atoms with E-state index < -0.39 is 51.9 Å². The Labute approximate surface area is 454 Å². The smallest absolute Gasteiger partial charge is 0.355 e. The largest absolute Gasteiger partial charge is 1.00 e. The molecule has 21 heteroatoms. The van der Waals surface area contributed by atoms with E-state index in [4.69, 9.17) is 35.5 Å². The zero-order valence-electron chi connectivity index (χ0n) is 42.6. The highest BCUT2D eigenvalue weighted by Gasteiger charge is 2.55. The Morgan fingerprint density at radius 2 is 1.47 bits per heavy atom. The molecule has 2 unspecified atom stereocenters. The van der Waals surface area contributed by atoms with Crippen molar-refractivity contribution in [1.29, 1.82) is 0 Å². The molecule has 4 aromatic carbocycles. The molecule has 0 saturated carbocycles.